The Bertz CT molecular complexity index is 1020. The van der Waals surface area contributed by atoms with E-state index in [4.69, 9.17) is 0 Å². The van der Waals surface area contributed by atoms with Crippen molar-refractivity contribution in [2.45, 2.75) is 0 Å². The third-order valence-corrected chi connectivity index (χ3v) is 4.74. The highest BCUT2D eigenvalue weighted by Gasteiger charge is 2.24. The number of aromatic hydroxyl groups is 1. The number of fused-ring (bicyclic) bond motifs is 1. The zero-order valence-electron chi connectivity index (χ0n) is 14.4. The maximum Gasteiger partial charge on any atom is 0.254 e. The molecule has 1 N–H and O–H groups in total. The smallest absolute Gasteiger partial charge is 0.254 e. The van der Waals surface area contributed by atoms with Gasteiger partial charge in [-0.1, -0.05) is 6.07 Å². The summed E-state index contributed by atoms with van der Waals surface area (Å²) >= 11 is 0. The van der Waals surface area contributed by atoms with Gasteiger partial charge in [0.2, 0.25) is 0 Å². The monoisotopic (exact) mass is 369 g/mol. The molecule has 1 aliphatic heterocycles. The summed E-state index contributed by atoms with van der Waals surface area (Å²) in [5, 5.41) is 9.97. The Morgan fingerprint density at radius 1 is 1.04 bits per heavy atom. The van der Waals surface area contributed by atoms with Crippen molar-refractivity contribution in [1.29, 1.82) is 0 Å². The first kappa shape index (κ1) is 17.2. The van der Waals surface area contributed by atoms with E-state index in [-0.39, 0.29) is 17.2 Å². The van der Waals surface area contributed by atoms with Crippen LogP contribution in [0.3, 0.4) is 0 Å². The van der Waals surface area contributed by atoms with Gasteiger partial charge in [0.1, 0.15) is 17.1 Å². The minimum Gasteiger partial charge on any atom is -0.508 e. The molecular formula is C20H17F2N3O2. The first-order chi connectivity index (χ1) is 13.0. The number of nitrogens with zero attached hydrogens (tertiary/aromatic N) is 3. The lowest BCUT2D eigenvalue weighted by Crippen LogP contribution is -2.48. The third-order valence-electron chi connectivity index (χ3n) is 4.74. The Morgan fingerprint density at radius 2 is 1.81 bits per heavy atom. The summed E-state index contributed by atoms with van der Waals surface area (Å²) < 4.78 is 27.7. The van der Waals surface area contributed by atoms with Crippen molar-refractivity contribution in [3.8, 4) is 5.75 Å². The van der Waals surface area contributed by atoms with Crippen LogP contribution < -0.4 is 4.90 Å². The van der Waals surface area contributed by atoms with Crippen LogP contribution in [0.1, 0.15) is 10.4 Å². The number of benzene rings is 2. The van der Waals surface area contributed by atoms with Crippen LogP contribution >= 0.6 is 0 Å². The molecule has 0 radical (unpaired) electrons. The molecule has 0 saturated carbocycles. The number of phenolic OH excluding ortho intramolecular Hbond substituents is 1. The molecule has 2 heterocycles. The Morgan fingerprint density at radius 3 is 2.56 bits per heavy atom. The number of rotatable bonds is 2. The van der Waals surface area contributed by atoms with Crippen LogP contribution in [0.2, 0.25) is 0 Å². The lowest BCUT2D eigenvalue weighted by molar-refractivity contribution is 0.0746. The summed E-state index contributed by atoms with van der Waals surface area (Å²) in [6.07, 6.45) is 1.50. The Labute approximate surface area is 154 Å². The Kier molecular flexibility index (Phi) is 4.35. The van der Waals surface area contributed by atoms with Crippen LogP contribution in [0.4, 0.5) is 14.5 Å². The number of carbonyl (C=O) groups is 1. The van der Waals surface area contributed by atoms with E-state index in [1.165, 1.54) is 24.4 Å². The number of phenols is 1. The molecule has 0 bridgehead atoms. The fourth-order valence-corrected chi connectivity index (χ4v) is 3.41. The fourth-order valence-electron chi connectivity index (χ4n) is 3.41. The molecule has 0 unspecified atom stereocenters. The lowest BCUT2D eigenvalue weighted by atomic mass is 10.1. The summed E-state index contributed by atoms with van der Waals surface area (Å²) in [6.45, 7) is 2.00. The van der Waals surface area contributed by atoms with Gasteiger partial charge >= 0.3 is 0 Å². The van der Waals surface area contributed by atoms with Gasteiger partial charge in [-0.3, -0.25) is 9.78 Å². The number of carbonyl (C=O) groups excluding carboxylic acids is 1. The van der Waals surface area contributed by atoms with Crippen molar-refractivity contribution in [1.82, 2.24) is 9.88 Å². The maximum atomic E-state index is 14.0. The van der Waals surface area contributed by atoms with Gasteiger partial charge in [-0.25, -0.2) is 8.78 Å². The summed E-state index contributed by atoms with van der Waals surface area (Å²) in [5.41, 5.74) is 1.26. The van der Waals surface area contributed by atoms with Crippen molar-refractivity contribution in [2.75, 3.05) is 31.1 Å². The van der Waals surface area contributed by atoms with Crippen LogP contribution in [-0.2, 0) is 0 Å². The van der Waals surface area contributed by atoms with Gasteiger partial charge in [0.15, 0.2) is 5.82 Å². The third kappa shape index (κ3) is 3.28. The van der Waals surface area contributed by atoms with Crippen LogP contribution in [0.25, 0.3) is 10.9 Å². The molecule has 1 aromatic heterocycles. The van der Waals surface area contributed by atoms with Gasteiger partial charge in [0.05, 0.1) is 0 Å². The molecule has 27 heavy (non-hydrogen) atoms. The highest BCUT2D eigenvalue weighted by molar-refractivity contribution is 5.95. The fraction of sp³-hybridized carbons (Fsp3) is 0.200. The lowest BCUT2D eigenvalue weighted by Gasteiger charge is -2.36. The molecule has 0 aliphatic carbocycles. The summed E-state index contributed by atoms with van der Waals surface area (Å²) in [6, 6.07) is 10.1. The van der Waals surface area contributed by atoms with E-state index in [2.05, 4.69) is 4.98 Å². The number of pyridine rings is 1. The number of amides is 1. The van der Waals surface area contributed by atoms with E-state index >= 15 is 0 Å². The molecule has 4 rings (SSSR count). The van der Waals surface area contributed by atoms with E-state index in [0.717, 1.165) is 6.07 Å². The largest absolute Gasteiger partial charge is 0.508 e. The molecule has 1 fully saturated rings. The predicted molar refractivity (Wildman–Crippen MR) is 97.9 cm³/mol. The molecule has 1 aliphatic rings. The number of anilines is 1. The van der Waals surface area contributed by atoms with Crippen molar-refractivity contribution >= 4 is 22.5 Å². The molecule has 5 nitrogen and oxygen atoms in total. The number of hydrogen-bond acceptors (Lipinski definition) is 4. The van der Waals surface area contributed by atoms with Crippen LogP contribution in [0.5, 0.6) is 5.75 Å². The first-order valence-electron chi connectivity index (χ1n) is 8.60. The topological polar surface area (TPSA) is 56.7 Å². The second kappa shape index (κ2) is 6.83. The second-order valence-electron chi connectivity index (χ2n) is 6.44. The first-order valence-corrected chi connectivity index (χ1v) is 8.60. The predicted octanol–water partition coefficient (Wildman–Crippen LogP) is 3.18. The van der Waals surface area contributed by atoms with Crippen molar-refractivity contribution in [3.63, 3.8) is 0 Å². The number of piperazine rings is 1. The van der Waals surface area contributed by atoms with Crippen molar-refractivity contribution < 1.29 is 18.7 Å². The molecule has 0 atom stereocenters. The minimum absolute atomic E-state index is 0.0480. The molecule has 0 spiro atoms. The molecule has 1 amide bonds. The summed E-state index contributed by atoms with van der Waals surface area (Å²) in [4.78, 5) is 20.3. The van der Waals surface area contributed by atoms with E-state index in [9.17, 15) is 18.7 Å². The van der Waals surface area contributed by atoms with Gasteiger partial charge in [-0.05, 0) is 30.3 Å². The molecule has 138 valence electrons. The average molecular weight is 369 g/mol. The number of hydrogen-bond donors (Lipinski definition) is 1. The number of aromatic nitrogens is 1. The van der Waals surface area contributed by atoms with Crippen LogP contribution in [0.15, 0.2) is 48.7 Å². The Balaban J connectivity index is 1.55. The highest BCUT2D eigenvalue weighted by atomic mass is 19.1. The van der Waals surface area contributed by atoms with Gasteiger partial charge in [-0.2, -0.15) is 0 Å². The molecular weight excluding hydrogens is 352 g/mol. The molecule has 1 saturated heterocycles. The van der Waals surface area contributed by atoms with E-state index in [1.807, 2.05) is 4.90 Å². The molecule has 2 aromatic carbocycles. The molecule has 7 heteroatoms. The van der Waals surface area contributed by atoms with Crippen LogP contribution in [-0.4, -0.2) is 47.1 Å². The van der Waals surface area contributed by atoms with Gasteiger partial charge in [0.25, 0.3) is 5.91 Å². The normalized spacial score (nSPS) is 14.6. The standard InChI is InChI=1S/C20H17F2N3O2/c21-14-11-16-18(4-5-23-19(16)17(22)12-14)24-6-8-25(9-7-24)20(27)13-2-1-3-15(26)10-13/h1-5,10-12,26H,6-9H2. The van der Waals surface area contributed by atoms with Gasteiger partial charge in [-0.15, -0.1) is 0 Å². The van der Waals surface area contributed by atoms with Gasteiger partial charge in [0, 0.05) is 55.1 Å². The van der Waals surface area contributed by atoms with E-state index in [1.54, 1.807) is 23.1 Å². The van der Waals surface area contributed by atoms with E-state index < -0.39 is 11.6 Å². The zero-order chi connectivity index (χ0) is 19.0. The quantitative estimate of drug-likeness (QED) is 0.754. The highest BCUT2D eigenvalue weighted by Crippen LogP contribution is 2.29. The van der Waals surface area contributed by atoms with Crippen LogP contribution in [0, 0.1) is 11.6 Å². The minimum atomic E-state index is -0.690. The molecule has 3 aromatic rings. The zero-order valence-corrected chi connectivity index (χ0v) is 14.4. The Hall–Kier alpha value is -3.22. The SMILES string of the molecule is O=C(c1cccc(O)c1)N1CCN(c2ccnc3c(F)cc(F)cc23)CC1. The average Bonchev–Trinajstić information content (AvgIpc) is 2.67. The van der Waals surface area contributed by atoms with Gasteiger partial charge < -0.3 is 14.9 Å². The van der Waals surface area contributed by atoms with Crippen molar-refractivity contribution in [3.05, 3.63) is 65.9 Å². The maximum absolute atomic E-state index is 14.0. The summed E-state index contributed by atoms with van der Waals surface area (Å²) in [5.74, 6) is -1.44. The van der Waals surface area contributed by atoms with E-state index in [0.29, 0.717) is 42.8 Å². The summed E-state index contributed by atoms with van der Waals surface area (Å²) in [7, 11) is 0. The number of halogens is 2. The van der Waals surface area contributed by atoms with Crippen molar-refractivity contribution in [2.24, 2.45) is 0 Å². The second-order valence-corrected chi connectivity index (χ2v) is 6.44.